The topological polar surface area (TPSA) is 59.9 Å². The van der Waals surface area contributed by atoms with Gasteiger partial charge in [-0.2, -0.15) is 0 Å². The van der Waals surface area contributed by atoms with Gasteiger partial charge in [-0.05, 0) is 62.9 Å². The highest BCUT2D eigenvalue weighted by Gasteiger charge is 2.40. The Labute approximate surface area is 148 Å². The van der Waals surface area contributed by atoms with E-state index in [9.17, 15) is 9.50 Å². The van der Waals surface area contributed by atoms with Gasteiger partial charge in [-0.3, -0.25) is 0 Å². The van der Waals surface area contributed by atoms with Crippen molar-refractivity contribution in [3.05, 3.63) is 35.6 Å². The van der Waals surface area contributed by atoms with Crippen LogP contribution in [0.3, 0.4) is 0 Å². The van der Waals surface area contributed by atoms with Gasteiger partial charge < -0.3 is 20.6 Å². The molecule has 4 rings (SSSR count). The van der Waals surface area contributed by atoms with E-state index in [-0.39, 0.29) is 24.0 Å². The number of aliphatic hydroxyl groups excluding tert-OH is 1. The summed E-state index contributed by atoms with van der Waals surface area (Å²) in [6.07, 6.45) is 4.47. The summed E-state index contributed by atoms with van der Waals surface area (Å²) in [5.74, 6) is 0.748. The number of aliphatic imine (C=N–C) groups is 1. The third kappa shape index (κ3) is 3.80. The maximum Gasteiger partial charge on any atom is 0.195 e. The number of rotatable bonds is 3. The number of aliphatic hydroxyl groups is 1. The Morgan fingerprint density at radius 3 is 2.68 bits per heavy atom. The Kier molecular flexibility index (Phi) is 4.90. The van der Waals surface area contributed by atoms with Crippen LogP contribution in [0.4, 0.5) is 4.39 Å². The molecule has 0 bridgehead atoms. The second-order valence-corrected chi connectivity index (χ2v) is 7.48. The van der Waals surface area contributed by atoms with E-state index in [4.69, 9.17) is 4.99 Å². The molecule has 136 valence electrons. The Morgan fingerprint density at radius 2 is 1.92 bits per heavy atom. The Morgan fingerprint density at radius 1 is 1.16 bits per heavy atom. The van der Waals surface area contributed by atoms with Crippen molar-refractivity contribution in [2.45, 2.75) is 62.9 Å². The molecule has 3 aliphatic rings. The summed E-state index contributed by atoms with van der Waals surface area (Å²) in [5.41, 5.74) is 1.07. The monoisotopic (exact) mass is 346 g/mol. The van der Waals surface area contributed by atoms with E-state index in [1.807, 2.05) is 12.1 Å². The quantitative estimate of drug-likeness (QED) is 0.778. The van der Waals surface area contributed by atoms with Crippen molar-refractivity contribution in [3.8, 4) is 0 Å². The highest BCUT2D eigenvalue weighted by Crippen LogP contribution is 2.32. The molecular weight excluding hydrogens is 319 g/mol. The second-order valence-electron chi connectivity index (χ2n) is 7.48. The maximum atomic E-state index is 13.2. The first-order valence-corrected chi connectivity index (χ1v) is 9.43. The molecule has 2 aliphatic heterocycles. The van der Waals surface area contributed by atoms with Gasteiger partial charge in [-0.25, -0.2) is 9.38 Å². The van der Waals surface area contributed by atoms with Crippen LogP contribution in [0.25, 0.3) is 0 Å². The Balaban J connectivity index is 1.52. The summed E-state index contributed by atoms with van der Waals surface area (Å²) in [5, 5.41) is 17.2. The average molecular weight is 346 g/mol. The molecule has 0 radical (unpaired) electrons. The summed E-state index contributed by atoms with van der Waals surface area (Å²) in [6.45, 7) is 2.77. The average Bonchev–Trinajstić information content (AvgIpc) is 2.94. The van der Waals surface area contributed by atoms with Crippen molar-refractivity contribution < 1.29 is 9.50 Å². The van der Waals surface area contributed by atoms with E-state index in [1.54, 1.807) is 0 Å². The molecule has 3 N–H and O–H groups in total. The highest BCUT2D eigenvalue weighted by atomic mass is 19.1. The third-order valence-electron chi connectivity index (χ3n) is 5.65. The number of hydrogen-bond donors (Lipinski definition) is 3. The molecule has 6 heteroatoms. The molecule has 3 unspecified atom stereocenters. The fraction of sp³-hybridized carbons (Fsp3) is 0.632. The fourth-order valence-electron chi connectivity index (χ4n) is 4.23. The van der Waals surface area contributed by atoms with Crippen LogP contribution in [0, 0.1) is 5.82 Å². The highest BCUT2D eigenvalue weighted by molar-refractivity contribution is 5.83. The van der Waals surface area contributed by atoms with E-state index >= 15 is 0 Å². The van der Waals surface area contributed by atoms with Crippen LogP contribution < -0.4 is 10.6 Å². The number of hydrogen-bond acceptors (Lipinski definition) is 5. The van der Waals surface area contributed by atoms with Crippen molar-refractivity contribution >= 4 is 5.96 Å². The van der Waals surface area contributed by atoms with Crippen LogP contribution >= 0.6 is 0 Å². The fourth-order valence-corrected chi connectivity index (χ4v) is 4.23. The van der Waals surface area contributed by atoms with E-state index in [1.165, 1.54) is 12.1 Å². The first kappa shape index (κ1) is 16.8. The zero-order valence-electron chi connectivity index (χ0n) is 14.5. The molecule has 2 fully saturated rings. The summed E-state index contributed by atoms with van der Waals surface area (Å²) in [6, 6.07) is 7.63. The summed E-state index contributed by atoms with van der Waals surface area (Å²) in [7, 11) is 0. The van der Waals surface area contributed by atoms with Gasteiger partial charge in [0, 0.05) is 12.6 Å². The molecule has 0 aromatic heterocycles. The van der Waals surface area contributed by atoms with Crippen LogP contribution in [0.1, 0.15) is 37.7 Å². The number of fused-ring (bicyclic) bond motifs is 1. The normalized spacial score (nSPS) is 30.1. The summed E-state index contributed by atoms with van der Waals surface area (Å²) < 4.78 is 13.2. The predicted molar refractivity (Wildman–Crippen MR) is 95.8 cm³/mol. The van der Waals surface area contributed by atoms with Crippen LogP contribution in [-0.2, 0) is 6.54 Å². The minimum absolute atomic E-state index is 0.210. The lowest BCUT2D eigenvalue weighted by Crippen LogP contribution is -2.51. The van der Waals surface area contributed by atoms with Gasteiger partial charge in [0.2, 0.25) is 0 Å². The van der Waals surface area contributed by atoms with E-state index in [0.29, 0.717) is 12.6 Å². The molecule has 2 heterocycles. The minimum Gasteiger partial charge on any atom is -0.393 e. The molecule has 1 aromatic carbocycles. The first-order valence-electron chi connectivity index (χ1n) is 9.43. The van der Waals surface area contributed by atoms with Crippen LogP contribution in [0.15, 0.2) is 29.3 Å². The van der Waals surface area contributed by atoms with Gasteiger partial charge in [0.1, 0.15) is 5.82 Å². The molecule has 1 aliphatic carbocycles. The van der Waals surface area contributed by atoms with Crippen molar-refractivity contribution in [3.63, 3.8) is 0 Å². The first-order chi connectivity index (χ1) is 12.2. The van der Waals surface area contributed by atoms with E-state index < -0.39 is 0 Å². The van der Waals surface area contributed by atoms with Crippen molar-refractivity contribution in [1.29, 1.82) is 0 Å². The van der Waals surface area contributed by atoms with Gasteiger partial charge in [0.25, 0.3) is 0 Å². The smallest absolute Gasteiger partial charge is 0.195 e. The van der Waals surface area contributed by atoms with Gasteiger partial charge in [-0.15, -0.1) is 0 Å². The maximum absolute atomic E-state index is 13.2. The van der Waals surface area contributed by atoms with E-state index in [0.717, 1.165) is 56.7 Å². The van der Waals surface area contributed by atoms with Gasteiger partial charge in [0.15, 0.2) is 5.96 Å². The second kappa shape index (κ2) is 7.30. The molecule has 0 amide bonds. The number of halogens is 1. The number of nitrogens with one attached hydrogen (secondary N) is 2. The molecule has 1 saturated heterocycles. The van der Waals surface area contributed by atoms with Crippen molar-refractivity contribution in [2.24, 2.45) is 4.99 Å². The van der Waals surface area contributed by atoms with Crippen LogP contribution in [0.5, 0.6) is 0 Å². The lowest BCUT2D eigenvalue weighted by atomic mass is 9.88. The third-order valence-corrected chi connectivity index (χ3v) is 5.65. The van der Waals surface area contributed by atoms with E-state index in [2.05, 4.69) is 15.5 Å². The molecule has 25 heavy (non-hydrogen) atoms. The van der Waals surface area contributed by atoms with Crippen molar-refractivity contribution in [1.82, 2.24) is 15.5 Å². The number of nitrogens with zero attached hydrogens (tertiary/aromatic N) is 2. The zero-order chi connectivity index (χ0) is 17.2. The molecular formula is C19H27FN4O. The van der Waals surface area contributed by atoms with Gasteiger partial charge in [-0.1, -0.05) is 12.1 Å². The van der Waals surface area contributed by atoms with Gasteiger partial charge in [0.05, 0.1) is 18.2 Å². The number of benzene rings is 1. The molecule has 0 spiro atoms. The molecule has 1 saturated carbocycles. The standard InChI is InChI=1S/C19H27FN4O/c20-14-3-1-13(2-4-14)12-24-18-11-16(25)5-6-17(18)23-19(24)22-15-7-9-21-10-8-15/h1-4,15-18,21,25H,5-12H2,(H,22,23). The largest absolute Gasteiger partial charge is 0.393 e. The minimum atomic E-state index is -0.245. The van der Waals surface area contributed by atoms with Crippen molar-refractivity contribution in [2.75, 3.05) is 13.1 Å². The lowest BCUT2D eigenvalue weighted by Gasteiger charge is -2.36. The summed E-state index contributed by atoms with van der Waals surface area (Å²) >= 11 is 0. The molecule has 3 atom stereocenters. The Bertz CT molecular complexity index is 614. The zero-order valence-corrected chi connectivity index (χ0v) is 14.5. The van der Waals surface area contributed by atoms with Crippen LogP contribution in [-0.4, -0.2) is 53.3 Å². The molecule has 5 nitrogen and oxygen atoms in total. The van der Waals surface area contributed by atoms with Crippen LogP contribution in [0.2, 0.25) is 0 Å². The Hall–Kier alpha value is -1.66. The lowest BCUT2D eigenvalue weighted by molar-refractivity contribution is 0.0829. The molecule has 1 aromatic rings. The van der Waals surface area contributed by atoms with Gasteiger partial charge >= 0.3 is 0 Å². The summed E-state index contributed by atoms with van der Waals surface area (Å²) in [4.78, 5) is 7.25. The predicted octanol–water partition coefficient (Wildman–Crippen LogP) is 1.62. The number of piperidine rings is 1. The number of guanidine groups is 1. The SMILES string of the molecule is OC1CCC2N=C(NC3CCNCC3)N(Cc3ccc(F)cc3)C2C1.